The molecule has 0 unspecified atom stereocenters. The summed E-state index contributed by atoms with van der Waals surface area (Å²) in [6.45, 7) is 15.5. The van der Waals surface area contributed by atoms with E-state index in [2.05, 4.69) is 19.1 Å². The fraction of sp³-hybridized carbons (Fsp3) is 0.177. The Morgan fingerprint density at radius 1 is 0.427 bits per heavy atom. The van der Waals surface area contributed by atoms with Gasteiger partial charge in [-0.25, -0.2) is 9.37 Å². The van der Waals surface area contributed by atoms with E-state index < -0.39 is 11.6 Å². The first kappa shape index (κ1) is 69.3. The van der Waals surface area contributed by atoms with Gasteiger partial charge < -0.3 is 33.2 Å². The Bertz CT molecular complexity index is 4780. The van der Waals surface area contributed by atoms with E-state index in [1.807, 2.05) is 114 Å². The van der Waals surface area contributed by atoms with Crippen molar-refractivity contribution in [2.24, 2.45) is 0 Å². The Balaban J connectivity index is 1.03. The second-order valence-electron chi connectivity index (χ2n) is 23.0. The standard InChI is InChI=1S/C79H64Cl6F2NO7S/c1-11-12-13-17-49-18-25-54(66(40-49)92-63-34-28-57(84)71(47(63)7)55-26-30-59(86)75(87)76(55)94-60-31-21-51(81)38-44(60)4)70-46(6)62(33-27-56(70)83)91-65-36-37-88-79(96-53-23-19-50(80)20-24-53)73(65)72-48(8)64(35-29-58(72)85)93-68-41-67(89-9)78(95-61-32-22-52(82)39-45(61)5)74(77(68)90-10)69-42(2)15-14-16-43(69)3/h14-16,18-40H,11-13,17H2,1-10H3. The number of hydrogen-bond donors (Lipinski definition) is 0. The minimum atomic E-state index is -1.19. The van der Waals surface area contributed by atoms with Gasteiger partial charge in [-0.1, -0.05) is 131 Å². The van der Waals surface area contributed by atoms with Gasteiger partial charge in [0.05, 0.1) is 31.4 Å². The smallest absolute Gasteiger partial charge is 0.201 e. The molecule has 0 N–H and O–H groups in total. The van der Waals surface area contributed by atoms with Gasteiger partial charge in [0.15, 0.2) is 34.6 Å². The maximum atomic E-state index is 16.1. The maximum absolute atomic E-state index is 16.1. The van der Waals surface area contributed by atoms with Crippen LogP contribution in [-0.4, -0.2) is 19.2 Å². The van der Waals surface area contributed by atoms with Gasteiger partial charge in [-0.05, 0) is 216 Å². The summed E-state index contributed by atoms with van der Waals surface area (Å²) in [5.74, 6) is 1.49. The molecule has 8 nitrogen and oxygen atoms in total. The summed E-state index contributed by atoms with van der Waals surface area (Å²) < 4.78 is 78.0. The number of halogens is 8. The van der Waals surface area contributed by atoms with E-state index in [1.165, 1.54) is 17.8 Å². The summed E-state index contributed by atoms with van der Waals surface area (Å²) in [7, 11) is 3.13. The number of unbranched alkanes of at least 4 members (excludes halogenated alkanes) is 2. The largest absolute Gasteiger partial charge is 0.492 e. The van der Waals surface area contributed by atoms with Crippen LogP contribution < -0.4 is 33.2 Å². The molecule has 10 aromatic carbocycles. The van der Waals surface area contributed by atoms with E-state index in [1.54, 1.807) is 88.0 Å². The van der Waals surface area contributed by atoms with Crippen molar-refractivity contribution in [3.63, 3.8) is 0 Å². The van der Waals surface area contributed by atoms with Gasteiger partial charge in [0.1, 0.15) is 45.3 Å². The lowest BCUT2D eigenvalue weighted by atomic mass is 9.93. The monoisotopic (exact) mass is 1420 g/mol. The molecule has 0 aliphatic carbocycles. The molecule has 1 aromatic heterocycles. The molecule has 11 aromatic rings. The lowest BCUT2D eigenvalue weighted by Gasteiger charge is -2.24. The van der Waals surface area contributed by atoms with Crippen LogP contribution in [0.2, 0.25) is 30.1 Å². The normalized spacial score (nSPS) is 11.2. The molecule has 0 amide bonds. The van der Waals surface area contributed by atoms with Crippen molar-refractivity contribution in [2.75, 3.05) is 14.2 Å². The number of benzene rings is 10. The molecular formula is C79H64Cl6F2NO7S. The zero-order valence-corrected chi connectivity index (χ0v) is 59.4. The highest BCUT2D eigenvalue weighted by Crippen LogP contribution is 2.56. The molecule has 0 aliphatic rings. The van der Waals surface area contributed by atoms with Crippen LogP contribution >= 0.6 is 81.4 Å². The van der Waals surface area contributed by atoms with Crippen molar-refractivity contribution in [1.29, 1.82) is 0 Å². The van der Waals surface area contributed by atoms with Crippen LogP contribution in [0.1, 0.15) is 70.7 Å². The average molecular weight is 1420 g/mol. The number of methoxy groups -OCH3 is 2. The zero-order valence-electron chi connectivity index (χ0n) is 54.1. The molecule has 0 bridgehead atoms. The van der Waals surface area contributed by atoms with E-state index in [4.69, 9.17) is 108 Å². The molecule has 0 aliphatic heterocycles. The van der Waals surface area contributed by atoms with Crippen LogP contribution in [0.5, 0.6) is 69.0 Å². The fourth-order valence-corrected chi connectivity index (χ4v) is 14.0. The molecule has 0 saturated carbocycles. The van der Waals surface area contributed by atoms with Crippen LogP contribution in [0, 0.1) is 66.2 Å². The second kappa shape index (κ2) is 30.1. The van der Waals surface area contributed by atoms with E-state index in [-0.39, 0.29) is 33.6 Å². The minimum Gasteiger partial charge on any atom is -0.492 e. The fourth-order valence-electron chi connectivity index (χ4n) is 11.6. The zero-order chi connectivity index (χ0) is 68.2. The highest BCUT2D eigenvalue weighted by molar-refractivity contribution is 7.99. The van der Waals surface area contributed by atoms with Gasteiger partial charge in [0, 0.05) is 85.7 Å². The van der Waals surface area contributed by atoms with Gasteiger partial charge in [-0.2, -0.15) is 4.39 Å². The Kier molecular flexibility index (Phi) is 21.7. The summed E-state index contributed by atoms with van der Waals surface area (Å²) in [6, 6.07) is 48.1. The topological polar surface area (TPSA) is 77.5 Å². The van der Waals surface area contributed by atoms with Gasteiger partial charge in [0.2, 0.25) is 5.82 Å². The van der Waals surface area contributed by atoms with Gasteiger partial charge in [0.25, 0.3) is 0 Å². The molecule has 17 heteroatoms. The number of pyridine rings is 1. The number of nitrogens with zero attached hydrogens (tertiary/aromatic N) is 1. The van der Waals surface area contributed by atoms with E-state index in [0.29, 0.717) is 132 Å². The number of aromatic nitrogens is 1. The Labute approximate surface area is 592 Å². The first-order chi connectivity index (χ1) is 46.2. The minimum absolute atomic E-state index is 0.207. The number of aryl methyl sites for hydroxylation is 5. The molecule has 0 spiro atoms. The molecule has 0 saturated heterocycles. The summed E-state index contributed by atoms with van der Waals surface area (Å²) in [6.07, 6.45) is 5.47. The van der Waals surface area contributed by atoms with Crippen LogP contribution in [0.3, 0.4) is 0 Å². The Morgan fingerprint density at radius 3 is 1.56 bits per heavy atom. The summed E-state index contributed by atoms with van der Waals surface area (Å²) >= 11 is 42.4. The third-order valence-electron chi connectivity index (χ3n) is 16.5. The lowest BCUT2D eigenvalue weighted by Crippen LogP contribution is -2.03. The highest BCUT2D eigenvalue weighted by atomic mass is 35.5. The van der Waals surface area contributed by atoms with Crippen molar-refractivity contribution in [3.05, 3.63) is 250 Å². The molecule has 0 atom stereocenters. The van der Waals surface area contributed by atoms with E-state index in [9.17, 15) is 0 Å². The van der Waals surface area contributed by atoms with Crippen molar-refractivity contribution >= 4 is 81.4 Å². The number of ether oxygens (including phenoxy) is 7. The first-order valence-electron chi connectivity index (χ1n) is 30.8. The van der Waals surface area contributed by atoms with Crippen LogP contribution in [0.15, 0.2) is 168 Å². The molecule has 96 heavy (non-hydrogen) atoms. The Hall–Kier alpha value is -8.10. The van der Waals surface area contributed by atoms with Gasteiger partial charge >= 0.3 is 0 Å². The van der Waals surface area contributed by atoms with Crippen LogP contribution in [0.25, 0.3) is 44.5 Å². The SMILES string of the molecule is CCCCCc1ccc(-c2c(Cl)ccc(Oc3ccnc(Sc4ccc(Cl)cc4)c3-c3c(Cl)ccc(Oc4[c]c(OC)c(Oc5ccc(Cl)cc5C)c(-c5c(C)cccc5C)c4OC)c3C)c2C)c(Oc2ccc(Cl)c(-c3ccc(F)c(F)c3Oc3ccc(Cl)cc3C)c2C)c1. The van der Waals surface area contributed by atoms with Gasteiger partial charge in [-0.15, -0.1) is 0 Å². The van der Waals surface area contributed by atoms with Crippen molar-refractivity contribution in [2.45, 2.75) is 91.0 Å². The highest BCUT2D eigenvalue weighted by Gasteiger charge is 2.31. The van der Waals surface area contributed by atoms with Crippen LogP contribution in [-0.2, 0) is 6.42 Å². The second-order valence-corrected chi connectivity index (χ2v) is 26.6. The molecule has 1 radical (unpaired) electrons. The third kappa shape index (κ3) is 14.6. The van der Waals surface area contributed by atoms with Crippen molar-refractivity contribution in [3.8, 4) is 114 Å². The van der Waals surface area contributed by atoms with E-state index >= 15 is 8.78 Å². The predicted octanol–water partition coefficient (Wildman–Crippen LogP) is 26.8. The van der Waals surface area contributed by atoms with Crippen molar-refractivity contribution in [1.82, 2.24) is 4.98 Å². The first-order valence-corrected chi connectivity index (χ1v) is 33.9. The number of hydrogen-bond acceptors (Lipinski definition) is 9. The number of rotatable bonds is 22. The quantitative estimate of drug-likeness (QED) is 0.0617. The molecule has 11 rings (SSSR count). The lowest BCUT2D eigenvalue weighted by molar-refractivity contribution is 0.354. The van der Waals surface area contributed by atoms with E-state index in [0.717, 1.165) is 64.5 Å². The summed E-state index contributed by atoms with van der Waals surface area (Å²) in [4.78, 5) is 5.84. The average Bonchev–Trinajstić information content (AvgIpc) is 0.768. The van der Waals surface area contributed by atoms with Crippen molar-refractivity contribution < 1.29 is 41.9 Å². The molecular weight excluding hydrogens is 1360 g/mol. The maximum Gasteiger partial charge on any atom is 0.201 e. The van der Waals surface area contributed by atoms with Gasteiger partial charge in [-0.3, -0.25) is 0 Å². The third-order valence-corrected chi connectivity index (χ3v) is 19.2. The summed E-state index contributed by atoms with van der Waals surface area (Å²) in [5.41, 5.74) is 10.6. The molecule has 0 fully saturated rings. The summed E-state index contributed by atoms with van der Waals surface area (Å²) in [5, 5.41) is 3.21. The predicted molar refractivity (Wildman–Crippen MR) is 387 cm³/mol. The van der Waals surface area contributed by atoms with Crippen LogP contribution in [0.4, 0.5) is 8.78 Å². The molecule has 1 heterocycles. The molecule has 489 valence electrons. The Morgan fingerprint density at radius 2 is 0.969 bits per heavy atom.